The van der Waals surface area contributed by atoms with Crippen molar-refractivity contribution in [2.24, 2.45) is 10.5 Å². The molecule has 1 amide bonds. The molecule has 0 aliphatic carbocycles. The molecule has 0 saturated heterocycles. The van der Waals surface area contributed by atoms with Crippen LogP contribution in [0.1, 0.15) is 62.5 Å². The van der Waals surface area contributed by atoms with E-state index in [0.29, 0.717) is 20.3 Å². The molecule has 3 aromatic rings. The minimum Gasteiger partial charge on any atom is -0.484 e. The van der Waals surface area contributed by atoms with Gasteiger partial charge in [0.25, 0.3) is 5.91 Å². The Balaban J connectivity index is 1.61. The van der Waals surface area contributed by atoms with Gasteiger partial charge in [-0.3, -0.25) is 4.79 Å². The number of nitrogens with one attached hydrogen (secondary N) is 1. The highest BCUT2D eigenvalue weighted by Gasteiger charge is 2.27. The van der Waals surface area contributed by atoms with E-state index in [1.165, 1.54) is 30.0 Å². The van der Waals surface area contributed by atoms with Crippen LogP contribution in [0.4, 0.5) is 4.39 Å². The highest BCUT2D eigenvalue weighted by molar-refractivity contribution is 9.11. The third-order valence-corrected chi connectivity index (χ3v) is 6.71. The summed E-state index contributed by atoms with van der Waals surface area (Å²) in [5.41, 5.74) is 4.28. The minimum absolute atomic E-state index is 0.00869. The Morgan fingerprint density at radius 2 is 1.69 bits per heavy atom. The summed E-state index contributed by atoms with van der Waals surface area (Å²) < 4.78 is 25.8. The standard InChI is InChI=1S/C30H31Br2FN2O4/c1-29(2,3)18-30(4,5)21-9-11-24(12-10-21)38-17-26(36)35-34-16-20-13-22(31)15-25(32)27(20)39-28(37)19-7-6-8-23(33)14-19/h6-16H,17-18H2,1-5H3,(H,35,36)/b34-16-. The molecule has 0 heterocycles. The van der Waals surface area contributed by atoms with Crippen molar-refractivity contribution in [3.8, 4) is 11.5 Å². The number of nitrogens with zero attached hydrogens (tertiary/aromatic N) is 1. The summed E-state index contributed by atoms with van der Waals surface area (Å²) in [5, 5.41) is 3.97. The molecule has 3 aromatic carbocycles. The van der Waals surface area contributed by atoms with Gasteiger partial charge in [-0.2, -0.15) is 5.10 Å². The number of carbonyl (C=O) groups excluding carboxylic acids is 2. The number of hydrogen-bond donors (Lipinski definition) is 1. The Hall–Kier alpha value is -3.04. The fraction of sp³-hybridized carbons (Fsp3) is 0.300. The average Bonchev–Trinajstić information content (AvgIpc) is 2.83. The van der Waals surface area contributed by atoms with Crippen molar-refractivity contribution < 1.29 is 23.5 Å². The second kappa shape index (κ2) is 12.9. The molecule has 6 nitrogen and oxygen atoms in total. The molecule has 0 radical (unpaired) electrons. The van der Waals surface area contributed by atoms with Crippen molar-refractivity contribution in [3.05, 3.63) is 92.1 Å². The first-order valence-electron chi connectivity index (χ1n) is 12.3. The van der Waals surface area contributed by atoms with Crippen LogP contribution in [0.25, 0.3) is 0 Å². The molecule has 0 saturated carbocycles. The molecule has 0 spiro atoms. The van der Waals surface area contributed by atoms with Gasteiger partial charge < -0.3 is 9.47 Å². The van der Waals surface area contributed by atoms with E-state index in [0.717, 1.165) is 12.5 Å². The number of carbonyl (C=O) groups is 2. The van der Waals surface area contributed by atoms with Gasteiger partial charge in [0.1, 0.15) is 11.6 Å². The highest BCUT2D eigenvalue weighted by Crippen LogP contribution is 2.37. The molecule has 39 heavy (non-hydrogen) atoms. The van der Waals surface area contributed by atoms with Crippen LogP contribution in [0.15, 0.2) is 74.7 Å². The predicted octanol–water partition coefficient (Wildman–Crippen LogP) is 7.81. The van der Waals surface area contributed by atoms with E-state index in [-0.39, 0.29) is 28.7 Å². The second-order valence-electron chi connectivity index (χ2n) is 10.9. The van der Waals surface area contributed by atoms with Crippen LogP contribution in [0.5, 0.6) is 11.5 Å². The van der Waals surface area contributed by atoms with Gasteiger partial charge in [0.2, 0.25) is 0 Å². The number of hydrazone groups is 1. The van der Waals surface area contributed by atoms with Crippen molar-refractivity contribution in [1.82, 2.24) is 5.43 Å². The summed E-state index contributed by atoms with van der Waals surface area (Å²) in [6.45, 7) is 10.9. The lowest BCUT2D eigenvalue weighted by molar-refractivity contribution is -0.123. The van der Waals surface area contributed by atoms with Crippen LogP contribution in [0.2, 0.25) is 0 Å². The first-order chi connectivity index (χ1) is 18.2. The summed E-state index contributed by atoms with van der Waals surface area (Å²) in [6, 6.07) is 16.3. The Bertz CT molecular complexity index is 1370. The van der Waals surface area contributed by atoms with E-state index in [9.17, 15) is 14.0 Å². The summed E-state index contributed by atoms with van der Waals surface area (Å²) >= 11 is 6.75. The molecule has 9 heteroatoms. The number of hydrogen-bond acceptors (Lipinski definition) is 5. The summed E-state index contributed by atoms with van der Waals surface area (Å²) in [4.78, 5) is 24.9. The average molecular weight is 662 g/mol. The van der Waals surface area contributed by atoms with E-state index < -0.39 is 17.7 Å². The second-order valence-corrected chi connectivity index (χ2v) is 12.7. The number of rotatable bonds is 9. The quantitative estimate of drug-likeness (QED) is 0.110. The van der Waals surface area contributed by atoms with Gasteiger partial charge in [-0.25, -0.2) is 14.6 Å². The van der Waals surface area contributed by atoms with Gasteiger partial charge in [-0.05, 0) is 81.2 Å². The number of benzene rings is 3. The zero-order valence-electron chi connectivity index (χ0n) is 22.5. The van der Waals surface area contributed by atoms with Crippen LogP contribution >= 0.6 is 31.9 Å². The van der Waals surface area contributed by atoms with Crippen molar-refractivity contribution in [2.45, 2.75) is 46.5 Å². The molecule has 1 N–H and O–H groups in total. The largest absolute Gasteiger partial charge is 0.484 e. The maximum absolute atomic E-state index is 13.5. The topological polar surface area (TPSA) is 77.0 Å². The van der Waals surface area contributed by atoms with Crippen LogP contribution in [-0.4, -0.2) is 24.7 Å². The van der Waals surface area contributed by atoms with Gasteiger partial charge in [-0.1, -0.05) is 68.7 Å². The molecule has 0 aliphatic heterocycles. The molecule has 0 aliphatic rings. The first-order valence-corrected chi connectivity index (χ1v) is 13.8. The van der Waals surface area contributed by atoms with E-state index in [4.69, 9.17) is 9.47 Å². The number of esters is 1. The van der Waals surface area contributed by atoms with E-state index in [2.05, 4.69) is 77.0 Å². The number of halogens is 3. The smallest absolute Gasteiger partial charge is 0.343 e. The number of amides is 1. The first kappa shape index (κ1) is 30.5. The highest BCUT2D eigenvalue weighted by atomic mass is 79.9. The van der Waals surface area contributed by atoms with Crippen molar-refractivity contribution in [1.29, 1.82) is 0 Å². The molecule has 206 valence electrons. The summed E-state index contributed by atoms with van der Waals surface area (Å²) in [7, 11) is 0. The zero-order valence-corrected chi connectivity index (χ0v) is 25.7. The summed E-state index contributed by atoms with van der Waals surface area (Å²) in [6.07, 6.45) is 2.37. The van der Waals surface area contributed by atoms with Crippen molar-refractivity contribution in [3.63, 3.8) is 0 Å². The van der Waals surface area contributed by atoms with Gasteiger partial charge in [0, 0.05) is 10.0 Å². The van der Waals surface area contributed by atoms with Crippen LogP contribution in [0, 0.1) is 11.2 Å². The van der Waals surface area contributed by atoms with E-state index >= 15 is 0 Å². The molecular weight excluding hydrogens is 631 g/mol. The molecule has 3 rings (SSSR count). The zero-order chi connectivity index (χ0) is 28.8. The number of ether oxygens (including phenoxy) is 2. The lowest BCUT2D eigenvalue weighted by Crippen LogP contribution is -2.25. The van der Waals surface area contributed by atoms with Crippen molar-refractivity contribution >= 4 is 50.0 Å². The SMILES string of the molecule is CC(C)(C)CC(C)(C)c1ccc(OCC(=O)N/N=C\c2cc(Br)cc(Br)c2OC(=O)c2cccc(F)c2)cc1. The Morgan fingerprint density at radius 3 is 2.33 bits per heavy atom. The predicted molar refractivity (Wildman–Crippen MR) is 158 cm³/mol. The maximum atomic E-state index is 13.5. The van der Waals surface area contributed by atoms with Gasteiger partial charge in [0.05, 0.1) is 16.3 Å². The fourth-order valence-corrected chi connectivity index (χ4v) is 5.68. The Morgan fingerprint density at radius 1 is 1.00 bits per heavy atom. The third kappa shape index (κ3) is 9.28. The molecule has 0 unspecified atom stereocenters. The van der Waals surface area contributed by atoms with Gasteiger partial charge >= 0.3 is 5.97 Å². The van der Waals surface area contributed by atoms with Crippen LogP contribution in [-0.2, 0) is 10.2 Å². The van der Waals surface area contributed by atoms with Crippen molar-refractivity contribution in [2.75, 3.05) is 6.61 Å². The Labute approximate surface area is 245 Å². The lowest BCUT2D eigenvalue weighted by atomic mass is 9.72. The van der Waals surface area contributed by atoms with Gasteiger partial charge in [0.15, 0.2) is 12.4 Å². The Kier molecular flexibility index (Phi) is 10.1. The fourth-order valence-electron chi connectivity index (χ4n) is 4.34. The molecule has 0 aromatic heterocycles. The normalized spacial score (nSPS) is 11.9. The molecule has 0 fully saturated rings. The molecule has 0 bridgehead atoms. The van der Waals surface area contributed by atoms with Crippen LogP contribution < -0.4 is 14.9 Å². The van der Waals surface area contributed by atoms with Crippen LogP contribution in [0.3, 0.4) is 0 Å². The third-order valence-electron chi connectivity index (χ3n) is 5.66. The summed E-state index contributed by atoms with van der Waals surface area (Å²) in [5.74, 6) is -1.01. The molecular formula is C30H31Br2FN2O4. The maximum Gasteiger partial charge on any atom is 0.343 e. The van der Waals surface area contributed by atoms with Gasteiger partial charge in [-0.15, -0.1) is 0 Å². The lowest BCUT2D eigenvalue weighted by Gasteiger charge is -2.33. The molecule has 0 atom stereocenters. The monoisotopic (exact) mass is 660 g/mol. The van der Waals surface area contributed by atoms with E-state index in [1.807, 2.05) is 24.3 Å². The van der Waals surface area contributed by atoms with E-state index in [1.54, 1.807) is 12.1 Å². The minimum atomic E-state index is -0.738.